The molecule has 1 aromatic heterocycles. The summed E-state index contributed by atoms with van der Waals surface area (Å²) in [6.45, 7) is 2.73. The number of nitrogen functional groups attached to an aromatic ring is 1. The maximum atomic E-state index is 13.7. The Hall–Kier alpha value is -1.65. The predicted octanol–water partition coefficient (Wildman–Crippen LogP) is 1.82. The van der Waals surface area contributed by atoms with Crippen molar-refractivity contribution in [1.29, 1.82) is 0 Å². The SMILES string of the molecule is CCC1CCCN1C(=O)c1ccnc(N)c1F. The van der Waals surface area contributed by atoms with Crippen molar-refractivity contribution in [2.45, 2.75) is 32.2 Å². The van der Waals surface area contributed by atoms with Crippen LogP contribution in [0.25, 0.3) is 0 Å². The number of halogens is 1. The number of aromatic nitrogens is 1. The third-order valence-corrected chi connectivity index (χ3v) is 3.26. The van der Waals surface area contributed by atoms with E-state index in [4.69, 9.17) is 5.73 Å². The van der Waals surface area contributed by atoms with Gasteiger partial charge in [0.15, 0.2) is 11.6 Å². The summed E-state index contributed by atoms with van der Waals surface area (Å²) in [6, 6.07) is 1.61. The Morgan fingerprint density at radius 1 is 1.71 bits per heavy atom. The number of hydrogen-bond acceptors (Lipinski definition) is 3. The molecule has 1 unspecified atom stereocenters. The van der Waals surface area contributed by atoms with Crippen molar-refractivity contribution in [2.75, 3.05) is 12.3 Å². The first-order valence-corrected chi connectivity index (χ1v) is 5.86. The zero-order chi connectivity index (χ0) is 12.4. The molecule has 1 saturated heterocycles. The normalized spacial score (nSPS) is 19.6. The molecule has 17 heavy (non-hydrogen) atoms. The quantitative estimate of drug-likeness (QED) is 0.853. The topological polar surface area (TPSA) is 59.2 Å². The van der Waals surface area contributed by atoms with Crippen LogP contribution >= 0.6 is 0 Å². The van der Waals surface area contributed by atoms with Crippen molar-refractivity contribution in [3.63, 3.8) is 0 Å². The summed E-state index contributed by atoms with van der Waals surface area (Å²) in [5.41, 5.74) is 5.39. The number of likely N-dealkylation sites (tertiary alicyclic amines) is 1. The van der Waals surface area contributed by atoms with Crippen LogP contribution in [0.3, 0.4) is 0 Å². The molecule has 1 fully saturated rings. The van der Waals surface area contributed by atoms with Gasteiger partial charge in [-0.15, -0.1) is 0 Å². The number of rotatable bonds is 2. The van der Waals surface area contributed by atoms with Gasteiger partial charge in [0.05, 0.1) is 5.56 Å². The van der Waals surface area contributed by atoms with Gasteiger partial charge >= 0.3 is 0 Å². The summed E-state index contributed by atoms with van der Waals surface area (Å²) in [5.74, 6) is -1.21. The standard InChI is InChI=1S/C12H16FN3O/c1-2-8-4-3-7-16(8)12(17)9-5-6-15-11(14)10(9)13/h5-6,8H,2-4,7H2,1H3,(H2,14,15). The van der Waals surface area contributed by atoms with E-state index in [-0.39, 0.29) is 23.3 Å². The Bertz CT molecular complexity index is 436. The van der Waals surface area contributed by atoms with Crippen molar-refractivity contribution in [3.8, 4) is 0 Å². The molecule has 1 aliphatic heterocycles. The van der Waals surface area contributed by atoms with E-state index in [9.17, 15) is 9.18 Å². The predicted molar refractivity (Wildman–Crippen MR) is 63.0 cm³/mol. The molecule has 0 aromatic carbocycles. The average Bonchev–Trinajstić information content (AvgIpc) is 2.80. The lowest BCUT2D eigenvalue weighted by atomic mass is 10.1. The van der Waals surface area contributed by atoms with E-state index in [1.165, 1.54) is 12.3 Å². The van der Waals surface area contributed by atoms with Crippen LogP contribution in [-0.4, -0.2) is 28.4 Å². The van der Waals surface area contributed by atoms with E-state index in [2.05, 4.69) is 4.98 Å². The maximum Gasteiger partial charge on any atom is 0.257 e. The lowest BCUT2D eigenvalue weighted by molar-refractivity contribution is 0.0729. The maximum absolute atomic E-state index is 13.7. The molecule has 0 aliphatic carbocycles. The first kappa shape index (κ1) is 11.8. The lowest BCUT2D eigenvalue weighted by Crippen LogP contribution is -2.35. The lowest BCUT2D eigenvalue weighted by Gasteiger charge is -2.23. The molecule has 92 valence electrons. The largest absolute Gasteiger partial charge is 0.381 e. The molecule has 2 rings (SSSR count). The number of anilines is 1. The van der Waals surface area contributed by atoms with Crippen LogP contribution in [0.2, 0.25) is 0 Å². The summed E-state index contributed by atoms with van der Waals surface area (Å²) in [6.07, 6.45) is 4.23. The second-order valence-corrected chi connectivity index (χ2v) is 4.26. The Labute approximate surface area is 99.6 Å². The van der Waals surface area contributed by atoms with Gasteiger partial charge in [0.1, 0.15) is 0 Å². The highest BCUT2D eigenvalue weighted by molar-refractivity contribution is 5.95. The van der Waals surface area contributed by atoms with Gasteiger partial charge in [-0.2, -0.15) is 0 Å². The van der Waals surface area contributed by atoms with Crippen molar-refractivity contribution < 1.29 is 9.18 Å². The Morgan fingerprint density at radius 3 is 3.18 bits per heavy atom. The molecule has 1 atom stereocenters. The summed E-state index contributed by atoms with van der Waals surface area (Å²) < 4.78 is 13.7. The van der Waals surface area contributed by atoms with Crippen LogP contribution in [0, 0.1) is 5.82 Å². The Balaban J connectivity index is 2.28. The minimum atomic E-state index is -0.709. The highest BCUT2D eigenvalue weighted by Crippen LogP contribution is 2.23. The molecule has 4 nitrogen and oxygen atoms in total. The van der Waals surface area contributed by atoms with Crippen LogP contribution in [0.1, 0.15) is 36.5 Å². The number of nitrogens with two attached hydrogens (primary N) is 1. The first-order chi connectivity index (χ1) is 8.15. The average molecular weight is 237 g/mol. The number of hydrogen-bond donors (Lipinski definition) is 1. The number of carbonyl (C=O) groups is 1. The van der Waals surface area contributed by atoms with Gasteiger partial charge in [-0.1, -0.05) is 6.92 Å². The Kier molecular flexibility index (Phi) is 3.26. The van der Waals surface area contributed by atoms with Crippen LogP contribution in [0.15, 0.2) is 12.3 Å². The van der Waals surface area contributed by atoms with Crippen molar-refractivity contribution in [2.24, 2.45) is 0 Å². The fourth-order valence-corrected chi connectivity index (χ4v) is 2.31. The molecule has 0 saturated carbocycles. The molecule has 2 heterocycles. The number of amides is 1. The molecule has 2 N–H and O–H groups in total. The van der Waals surface area contributed by atoms with E-state index >= 15 is 0 Å². The zero-order valence-corrected chi connectivity index (χ0v) is 9.82. The Morgan fingerprint density at radius 2 is 2.47 bits per heavy atom. The van der Waals surface area contributed by atoms with Gasteiger partial charge in [-0.05, 0) is 25.3 Å². The summed E-state index contributed by atoms with van der Waals surface area (Å²) in [7, 11) is 0. The van der Waals surface area contributed by atoms with Gasteiger partial charge in [0.2, 0.25) is 0 Å². The minimum absolute atomic E-state index is 0.0258. The van der Waals surface area contributed by atoms with E-state index in [1.54, 1.807) is 4.90 Å². The third-order valence-electron chi connectivity index (χ3n) is 3.26. The van der Waals surface area contributed by atoms with Crippen LogP contribution < -0.4 is 5.73 Å². The van der Waals surface area contributed by atoms with Gasteiger partial charge < -0.3 is 10.6 Å². The number of carbonyl (C=O) groups excluding carboxylic acids is 1. The zero-order valence-electron chi connectivity index (χ0n) is 9.82. The van der Waals surface area contributed by atoms with E-state index < -0.39 is 5.82 Å². The molecule has 0 bridgehead atoms. The minimum Gasteiger partial charge on any atom is -0.381 e. The fraction of sp³-hybridized carbons (Fsp3) is 0.500. The van der Waals surface area contributed by atoms with Crippen molar-refractivity contribution >= 4 is 11.7 Å². The summed E-state index contributed by atoms with van der Waals surface area (Å²) in [5, 5.41) is 0. The smallest absolute Gasteiger partial charge is 0.257 e. The van der Waals surface area contributed by atoms with Crippen LogP contribution in [-0.2, 0) is 0 Å². The second-order valence-electron chi connectivity index (χ2n) is 4.26. The van der Waals surface area contributed by atoms with Gasteiger partial charge in [-0.25, -0.2) is 9.37 Å². The fourth-order valence-electron chi connectivity index (χ4n) is 2.31. The molecule has 0 radical (unpaired) electrons. The van der Waals surface area contributed by atoms with Crippen molar-refractivity contribution in [3.05, 3.63) is 23.6 Å². The molecular formula is C12H16FN3O. The monoisotopic (exact) mass is 237 g/mol. The highest BCUT2D eigenvalue weighted by Gasteiger charge is 2.29. The molecule has 1 aliphatic rings. The molecule has 1 amide bonds. The van der Waals surface area contributed by atoms with E-state index in [1.807, 2.05) is 6.92 Å². The summed E-state index contributed by atoms with van der Waals surface area (Å²) >= 11 is 0. The van der Waals surface area contributed by atoms with Crippen molar-refractivity contribution in [1.82, 2.24) is 9.88 Å². The van der Waals surface area contributed by atoms with Crippen LogP contribution in [0.5, 0.6) is 0 Å². The van der Waals surface area contributed by atoms with E-state index in [0.29, 0.717) is 6.54 Å². The van der Waals surface area contributed by atoms with Gasteiger partial charge in [-0.3, -0.25) is 4.79 Å². The van der Waals surface area contributed by atoms with Crippen LogP contribution in [0.4, 0.5) is 10.2 Å². The van der Waals surface area contributed by atoms with E-state index in [0.717, 1.165) is 19.3 Å². The number of nitrogens with zero attached hydrogens (tertiary/aromatic N) is 2. The second kappa shape index (κ2) is 4.69. The molecule has 0 spiro atoms. The molecule has 5 heteroatoms. The third kappa shape index (κ3) is 2.09. The van der Waals surface area contributed by atoms with Gasteiger partial charge in [0, 0.05) is 18.8 Å². The highest BCUT2D eigenvalue weighted by atomic mass is 19.1. The number of pyridine rings is 1. The molecule has 1 aromatic rings. The summed E-state index contributed by atoms with van der Waals surface area (Å²) in [4.78, 5) is 17.5. The first-order valence-electron chi connectivity index (χ1n) is 5.86. The molecular weight excluding hydrogens is 221 g/mol. The van der Waals surface area contributed by atoms with Gasteiger partial charge in [0.25, 0.3) is 5.91 Å².